The van der Waals surface area contributed by atoms with Gasteiger partial charge in [-0.25, -0.2) is 13.6 Å². The van der Waals surface area contributed by atoms with Crippen LogP contribution in [0, 0.1) is 25.5 Å². The highest BCUT2D eigenvalue weighted by Crippen LogP contribution is 2.20. The predicted octanol–water partition coefficient (Wildman–Crippen LogP) is 2.37. The Labute approximate surface area is 80.5 Å². The molecule has 14 heavy (non-hydrogen) atoms. The fourth-order valence-corrected chi connectivity index (χ4v) is 1.33. The second-order valence-electron chi connectivity index (χ2n) is 2.98. The first-order valence-corrected chi connectivity index (χ1v) is 4.02. The number of rotatable bonds is 1. The Bertz CT molecular complexity index is 386. The molecule has 0 aromatic heterocycles. The summed E-state index contributed by atoms with van der Waals surface area (Å²) in [7, 11) is 1.20. The third-order valence-electron chi connectivity index (χ3n) is 2.04. The molecule has 0 spiro atoms. The molecule has 4 heteroatoms. The second kappa shape index (κ2) is 3.74. The number of halogens is 2. The third-order valence-corrected chi connectivity index (χ3v) is 2.04. The van der Waals surface area contributed by atoms with E-state index in [1.54, 1.807) is 0 Å². The molecule has 0 aliphatic heterocycles. The first-order chi connectivity index (χ1) is 6.49. The maximum absolute atomic E-state index is 13.1. The molecule has 0 fully saturated rings. The average molecular weight is 200 g/mol. The van der Waals surface area contributed by atoms with Crippen molar-refractivity contribution < 1.29 is 18.3 Å². The van der Waals surface area contributed by atoms with Crippen LogP contribution in [0.15, 0.2) is 6.07 Å². The van der Waals surface area contributed by atoms with E-state index in [0.29, 0.717) is 5.56 Å². The predicted molar refractivity (Wildman–Crippen MR) is 47.2 cm³/mol. The van der Waals surface area contributed by atoms with E-state index in [2.05, 4.69) is 4.74 Å². The molecule has 0 saturated carbocycles. The Morgan fingerprint density at radius 1 is 1.36 bits per heavy atom. The van der Waals surface area contributed by atoms with Crippen molar-refractivity contribution in [2.75, 3.05) is 7.11 Å². The molecular formula is C10H10F2O2. The average Bonchev–Trinajstić information content (AvgIpc) is 2.14. The molecule has 0 N–H and O–H groups in total. The lowest BCUT2D eigenvalue weighted by molar-refractivity contribution is 0.0598. The molecular weight excluding hydrogens is 190 g/mol. The van der Waals surface area contributed by atoms with Gasteiger partial charge in [-0.05, 0) is 25.5 Å². The van der Waals surface area contributed by atoms with Gasteiger partial charge in [0.05, 0.1) is 12.7 Å². The number of hydrogen-bond acceptors (Lipinski definition) is 2. The maximum Gasteiger partial charge on any atom is 0.338 e. The Morgan fingerprint density at radius 2 is 1.93 bits per heavy atom. The molecule has 0 saturated heterocycles. The van der Waals surface area contributed by atoms with E-state index in [0.717, 1.165) is 6.07 Å². The standard InChI is InChI=1S/C10H10F2O2/c1-5-4-7(11)9(12)6(2)8(5)10(13)14-3/h4H,1-3H3. The molecule has 0 radical (unpaired) electrons. The highest BCUT2D eigenvalue weighted by molar-refractivity contribution is 5.92. The quantitative estimate of drug-likeness (QED) is 0.650. The Hall–Kier alpha value is -1.45. The van der Waals surface area contributed by atoms with Crippen LogP contribution in [0.25, 0.3) is 0 Å². The number of hydrogen-bond donors (Lipinski definition) is 0. The highest BCUT2D eigenvalue weighted by Gasteiger charge is 2.18. The molecule has 2 nitrogen and oxygen atoms in total. The van der Waals surface area contributed by atoms with Crippen molar-refractivity contribution in [2.24, 2.45) is 0 Å². The number of carbonyl (C=O) groups excluding carboxylic acids is 1. The minimum Gasteiger partial charge on any atom is -0.465 e. The molecule has 76 valence electrons. The summed E-state index contributed by atoms with van der Waals surface area (Å²) in [6.07, 6.45) is 0. The summed E-state index contributed by atoms with van der Waals surface area (Å²) in [4.78, 5) is 11.2. The van der Waals surface area contributed by atoms with Crippen LogP contribution in [0.1, 0.15) is 21.5 Å². The molecule has 1 rings (SSSR count). The van der Waals surface area contributed by atoms with Gasteiger partial charge in [-0.2, -0.15) is 0 Å². The van der Waals surface area contributed by atoms with Crippen LogP contribution in [0.4, 0.5) is 8.78 Å². The molecule has 0 amide bonds. The van der Waals surface area contributed by atoms with Crippen LogP contribution in [-0.4, -0.2) is 13.1 Å². The molecule has 1 aromatic rings. The van der Waals surface area contributed by atoms with Crippen LogP contribution >= 0.6 is 0 Å². The molecule has 1 aromatic carbocycles. The SMILES string of the molecule is COC(=O)c1c(C)cc(F)c(F)c1C. The Kier molecular flexibility index (Phi) is 2.84. The van der Waals surface area contributed by atoms with Gasteiger partial charge >= 0.3 is 5.97 Å². The zero-order valence-corrected chi connectivity index (χ0v) is 8.15. The van der Waals surface area contributed by atoms with Crippen LogP contribution in [0.5, 0.6) is 0 Å². The topological polar surface area (TPSA) is 26.3 Å². The molecule has 0 bridgehead atoms. The maximum atomic E-state index is 13.1. The van der Waals surface area contributed by atoms with Gasteiger partial charge in [-0.15, -0.1) is 0 Å². The zero-order chi connectivity index (χ0) is 10.9. The molecule has 0 atom stereocenters. The first-order valence-electron chi connectivity index (χ1n) is 4.02. The highest BCUT2D eigenvalue weighted by atomic mass is 19.2. The third kappa shape index (κ3) is 1.60. The van der Waals surface area contributed by atoms with Gasteiger partial charge in [-0.3, -0.25) is 0 Å². The fourth-order valence-electron chi connectivity index (χ4n) is 1.33. The van der Waals surface area contributed by atoms with Gasteiger partial charge in [0.1, 0.15) is 0 Å². The van der Waals surface area contributed by atoms with Gasteiger partial charge in [0.15, 0.2) is 11.6 Å². The van der Waals surface area contributed by atoms with E-state index >= 15 is 0 Å². The van der Waals surface area contributed by atoms with E-state index < -0.39 is 17.6 Å². The number of ether oxygens (including phenoxy) is 1. The molecule has 0 heterocycles. The van der Waals surface area contributed by atoms with Crippen molar-refractivity contribution in [1.29, 1.82) is 0 Å². The van der Waals surface area contributed by atoms with Crippen molar-refractivity contribution >= 4 is 5.97 Å². The van der Waals surface area contributed by atoms with E-state index in [9.17, 15) is 13.6 Å². The lowest BCUT2D eigenvalue weighted by Gasteiger charge is -2.08. The summed E-state index contributed by atoms with van der Waals surface area (Å²) in [5.41, 5.74) is 0.439. The largest absolute Gasteiger partial charge is 0.465 e. The summed E-state index contributed by atoms with van der Waals surface area (Å²) in [5, 5.41) is 0. The zero-order valence-electron chi connectivity index (χ0n) is 8.15. The number of carbonyl (C=O) groups is 1. The van der Waals surface area contributed by atoms with Crippen molar-refractivity contribution in [1.82, 2.24) is 0 Å². The van der Waals surface area contributed by atoms with Crippen LogP contribution < -0.4 is 0 Å². The molecule has 0 aliphatic carbocycles. The van der Waals surface area contributed by atoms with Crippen molar-refractivity contribution in [3.8, 4) is 0 Å². The van der Waals surface area contributed by atoms with Crippen LogP contribution in [0.3, 0.4) is 0 Å². The minimum atomic E-state index is -1.00. The van der Waals surface area contributed by atoms with Crippen LogP contribution in [-0.2, 0) is 4.74 Å². The van der Waals surface area contributed by atoms with Gasteiger partial charge in [0.25, 0.3) is 0 Å². The summed E-state index contributed by atoms with van der Waals surface area (Å²) >= 11 is 0. The molecule has 0 unspecified atom stereocenters. The number of benzene rings is 1. The van der Waals surface area contributed by atoms with Crippen molar-refractivity contribution in [3.63, 3.8) is 0 Å². The van der Waals surface area contributed by atoms with E-state index in [1.165, 1.54) is 21.0 Å². The summed E-state index contributed by atoms with van der Waals surface area (Å²) in [5.74, 6) is -2.61. The first kappa shape index (κ1) is 10.6. The number of methoxy groups -OCH3 is 1. The monoisotopic (exact) mass is 200 g/mol. The lowest BCUT2D eigenvalue weighted by atomic mass is 10.0. The Morgan fingerprint density at radius 3 is 2.43 bits per heavy atom. The molecule has 0 aliphatic rings. The van der Waals surface area contributed by atoms with E-state index in [-0.39, 0.29) is 11.1 Å². The van der Waals surface area contributed by atoms with E-state index in [1.807, 2.05) is 0 Å². The number of aryl methyl sites for hydroxylation is 1. The van der Waals surface area contributed by atoms with E-state index in [4.69, 9.17) is 0 Å². The van der Waals surface area contributed by atoms with Gasteiger partial charge in [-0.1, -0.05) is 0 Å². The van der Waals surface area contributed by atoms with Gasteiger partial charge in [0, 0.05) is 5.56 Å². The second-order valence-corrected chi connectivity index (χ2v) is 2.98. The smallest absolute Gasteiger partial charge is 0.338 e. The fraction of sp³-hybridized carbons (Fsp3) is 0.300. The summed E-state index contributed by atoms with van der Waals surface area (Å²) in [6.45, 7) is 2.87. The lowest BCUT2D eigenvalue weighted by Crippen LogP contribution is -2.09. The van der Waals surface area contributed by atoms with Crippen molar-refractivity contribution in [3.05, 3.63) is 34.4 Å². The summed E-state index contributed by atoms with van der Waals surface area (Å²) in [6, 6.07) is 0.981. The number of esters is 1. The minimum absolute atomic E-state index is 0.0191. The Balaban J connectivity index is 3.44. The van der Waals surface area contributed by atoms with Crippen LogP contribution in [0.2, 0.25) is 0 Å². The van der Waals surface area contributed by atoms with Gasteiger partial charge < -0.3 is 4.74 Å². The summed E-state index contributed by atoms with van der Waals surface area (Å²) < 4.78 is 30.4. The van der Waals surface area contributed by atoms with Gasteiger partial charge in [0.2, 0.25) is 0 Å². The normalized spacial score (nSPS) is 10.1. The van der Waals surface area contributed by atoms with Crippen molar-refractivity contribution in [2.45, 2.75) is 13.8 Å².